The van der Waals surface area contributed by atoms with Gasteiger partial charge in [-0.05, 0) is 85.0 Å². The summed E-state index contributed by atoms with van der Waals surface area (Å²) in [7, 11) is 5.67. The van der Waals surface area contributed by atoms with E-state index in [1.807, 2.05) is 18.0 Å². The molecule has 0 unspecified atom stereocenters. The first-order valence-corrected chi connectivity index (χ1v) is 11.6. The second kappa shape index (κ2) is 8.58. The molecule has 0 bridgehead atoms. The summed E-state index contributed by atoms with van der Waals surface area (Å²) >= 11 is 5.25. The maximum absolute atomic E-state index is 13.1. The van der Waals surface area contributed by atoms with Crippen molar-refractivity contribution in [3.8, 4) is 10.4 Å². The quantitative estimate of drug-likeness (QED) is 0.604. The molecule has 4 rings (SSSR count). The van der Waals surface area contributed by atoms with Gasteiger partial charge in [0, 0.05) is 28.0 Å². The molecule has 1 aliphatic carbocycles. The van der Waals surface area contributed by atoms with Gasteiger partial charge in [0.15, 0.2) is 0 Å². The Morgan fingerprint density at radius 2 is 2.03 bits per heavy atom. The number of fused-ring (bicyclic) bond motifs is 1. The number of hydrogen-bond acceptors (Lipinski definition) is 5. The van der Waals surface area contributed by atoms with Crippen LogP contribution in [0.15, 0.2) is 33.9 Å². The maximum Gasteiger partial charge on any atom is 0.263 e. The Morgan fingerprint density at radius 1 is 1.28 bits per heavy atom. The van der Waals surface area contributed by atoms with E-state index in [0.717, 1.165) is 64.3 Å². The summed E-state index contributed by atoms with van der Waals surface area (Å²) in [4.78, 5) is 24.2. The van der Waals surface area contributed by atoms with Crippen molar-refractivity contribution in [3.05, 3.63) is 44.7 Å². The van der Waals surface area contributed by atoms with E-state index in [1.54, 1.807) is 18.4 Å². The summed E-state index contributed by atoms with van der Waals surface area (Å²) in [6.45, 7) is 2.09. The number of amides is 1. The lowest BCUT2D eigenvalue weighted by Crippen LogP contribution is -2.44. The molecule has 7 heteroatoms. The van der Waals surface area contributed by atoms with Crippen LogP contribution in [0.1, 0.15) is 40.1 Å². The van der Waals surface area contributed by atoms with Crippen molar-refractivity contribution < 1.29 is 9.63 Å². The van der Waals surface area contributed by atoms with Crippen LogP contribution in [-0.4, -0.2) is 61.8 Å². The fourth-order valence-electron chi connectivity index (χ4n) is 4.21. The minimum absolute atomic E-state index is 0.118. The van der Waals surface area contributed by atoms with Gasteiger partial charge in [0.1, 0.15) is 7.11 Å². The van der Waals surface area contributed by atoms with E-state index in [1.165, 1.54) is 11.1 Å². The Hall–Kier alpha value is -1.70. The van der Waals surface area contributed by atoms with Gasteiger partial charge in [-0.25, -0.2) is 0 Å². The lowest BCUT2D eigenvalue weighted by molar-refractivity contribution is 0.0664. The highest BCUT2D eigenvalue weighted by Crippen LogP contribution is 2.39. The highest BCUT2D eigenvalue weighted by atomic mass is 79.9. The van der Waals surface area contributed by atoms with Gasteiger partial charge in [-0.3, -0.25) is 4.79 Å². The van der Waals surface area contributed by atoms with Gasteiger partial charge < -0.3 is 14.6 Å². The van der Waals surface area contributed by atoms with Crippen LogP contribution >= 0.6 is 27.3 Å². The van der Waals surface area contributed by atoms with E-state index in [4.69, 9.17) is 4.84 Å². The number of thiophene rings is 1. The number of halogens is 1. The molecular weight excluding hydrogens is 450 g/mol. The number of carbonyl (C=O) groups excluding carboxylic acids is 1. The van der Waals surface area contributed by atoms with Crippen LogP contribution in [0.2, 0.25) is 0 Å². The Balaban J connectivity index is 1.55. The third-order valence-corrected chi connectivity index (χ3v) is 8.02. The van der Waals surface area contributed by atoms with Crippen LogP contribution in [0.3, 0.4) is 0 Å². The molecule has 0 radical (unpaired) electrons. The van der Waals surface area contributed by atoms with Crippen molar-refractivity contribution in [2.45, 2.75) is 31.7 Å². The van der Waals surface area contributed by atoms with Crippen molar-refractivity contribution in [1.29, 1.82) is 0 Å². The summed E-state index contributed by atoms with van der Waals surface area (Å²) in [6, 6.07) is 8.74. The van der Waals surface area contributed by atoms with E-state index < -0.39 is 0 Å². The number of carbonyl (C=O) groups is 1. The van der Waals surface area contributed by atoms with Crippen molar-refractivity contribution >= 4 is 38.9 Å². The van der Waals surface area contributed by atoms with Crippen LogP contribution in [-0.2, 0) is 11.3 Å². The molecule has 0 atom stereocenters. The number of rotatable bonds is 4. The van der Waals surface area contributed by atoms with Crippen molar-refractivity contribution in [2.75, 3.05) is 34.3 Å². The lowest BCUT2D eigenvalue weighted by atomic mass is 10.0. The zero-order valence-electron chi connectivity index (χ0n) is 17.1. The largest absolute Gasteiger partial charge is 0.399 e. The molecule has 1 aromatic carbocycles. The van der Waals surface area contributed by atoms with Gasteiger partial charge in [0.05, 0.1) is 10.6 Å². The first-order valence-electron chi connectivity index (χ1n) is 9.96. The number of piperidine rings is 1. The average Bonchev–Trinajstić information content (AvgIpc) is 3.31. The number of oxime groups is 1. The molecule has 1 aromatic heterocycles. The molecule has 1 aliphatic heterocycles. The van der Waals surface area contributed by atoms with Crippen LogP contribution in [0.25, 0.3) is 10.4 Å². The Labute approximate surface area is 184 Å². The summed E-state index contributed by atoms with van der Waals surface area (Å²) < 4.78 is 0.978. The van der Waals surface area contributed by atoms with Gasteiger partial charge in [-0.15, -0.1) is 11.3 Å². The van der Waals surface area contributed by atoms with Gasteiger partial charge in [0.25, 0.3) is 5.91 Å². The van der Waals surface area contributed by atoms with E-state index in [-0.39, 0.29) is 5.91 Å². The highest BCUT2D eigenvalue weighted by Gasteiger charge is 2.27. The smallest absolute Gasteiger partial charge is 0.263 e. The van der Waals surface area contributed by atoms with E-state index >= 15 is 0 Å². The monoisotopic (exact) mass is 475 g/mol. The maximum atomic E-state index is 13.1. The summed E-state index contributed by atoms with van der Waals surface area (Å²) in [5, 5.41) is 4.14. The fourth-order valence-corrected chi connectivity index (χ4v) is 6.09. The highest BCUT2D eigenvalue weighted by molar-refractivity contribution is 9.10. The SMILES string of the molecule is CO/N=C1/CCc2cc(-c3sc(C(=O)N(C)C4CCN(C)CC4)cc3Br)ccc21. The molecule has 0 N–H and O–H groups in total. The molecule has 2 aliphatic rings. The Bertz CT molecular complexity index is 948. The van der Waals surface area contributed by atoms with Gasteiger partial charge in [0.2, 0.25) is 0 Å². The number of aryl methyl sites for hydroxylation is 1. The van der Waals surface area contributed by atoms with E-state index in [9.17, 15) is 4.79 Å². The molecule has 2 aromatic rings. The zero-order valence-corrected chi connectivity index (χ0v) is 19.5. The number of nitrogens with zero attached hydrogens (tertiary/aromatic N) is 3. The minimum atomic E-state index is 0.118. The van der Waals surface area contributed by atoms with Crippen LogP contribution in [0.4, 0.5) is 0 Å². The zero-order chi connectivity index (χ0) is 20.5. The predicted octanol–water partition coefficient (Wildman–Crippen LogP) is 4.64. The molecule has 29 heavy (non-hydrogen) atoms. The number of likely N-dealkylation sites (tertiary alicyclic amines) is 1. The minimum Gasteiger partial charge on any atom is -0.399 e. The molecular formula is C22H26BrN3O2S. The fraction of sp³-hybridized carbons (Fsp3) is 0.455. The summed E-state index contributed by atoms with van der Waals surface area (Å²) in [6.07, 6.45) is 3.95. The van der Waals surface area contributed by atoms with Crippen molar-refractivity contribution in [3.63, 3.8) is 0 Å². The molecule has 154 valence electrons. The molecule has 1 saturated heterocycles. The summed E-state index contributed by atoms with van der Waals surface area (Å²) in [5.41, 5.74) is 4.60. The first kappa shape index (κ1) is 20.6. The predicted molar refractivity (Wildman–Crippen MR) is 122 cm³/mol. The number of benzene rings is 1. The summed E-state index contributed by atoms with van der Waals surface area (Å²) in [5.74, 6) is 0.118. The molecule has 5 nitrogen and oxygen atoms in total. The van der Waals surface area contributed by atoms with Crippen LogP contribution in [0.5, 0.6) is 0 Å². The van der Waals surface area contributed by atoms with Gasteiger partial charge >= 0.3 is 0 Å². The van der Waals surface area contributed by atoms with Gasteiger partial charge in [-0.1, -0.05) is 17.3 Å². The molecule has 0 saturated carbocycles. The van der Waals surface area contributed by atoms with E-state index in [0.29, 0.717) is 6.04 Å². The topological polar surface area (TPSA) is 45.1 Å². The van der Waals surface area contributed by atoms with E-state index in [2.05, 4.69) is 51.2 Å². The molecule has 1 fully saturated rings. The number of hydrogen-bond donors (Lipinski definition) is 0. The second-order valence-corrected chi connectivity index (χ2v) is 9.74. The Morgan fingerprint density at radius 3 is 2.76 bits per heavy atom. The second-order valence-electron chi connectivity index (χ2n) is 7.83. The van der Waals surface area contributed by atoms with Crippen LogP contribution in [0, 0.1) is 0 Å². The molecule has 2 heterocycles. The third-order valence-electron chi connectivity index (χ3n) is 5.96. The van der Waals surface area contributed by atoms with Crippen molar-refractivity contribution in [1.82, 2.24) is 9.80 Å². The normalized spacial score (nSPS) is 18.8. The van der Waals surface area contributed by atoms with Crippen molar-refractivity contribution in [2.24, 2.45) is 5.16 Å². The molecule has 1 amide bonds. The van der Waals surface area contributed by atoms with Crippen LogP contribution < -0.4 is 0 Å². The molecule has 0 spiro atoms. The Kier molecular flexibility index (Phi) is 6.08. The van der Waals surface area contributed by atoms with Gasteiger partial charge in [-0.2, -0.15) is 0 Å². The standard InChI is InChI=1S/C22H26BrN3O2S/c1-25-10-8-16(9-11-25)26(2)22(27)20-13-18(23)21(29-20)15-4-6-17-14(12-15)5-7-19(17)24-28-3/h4,6,12-13,16H,5,7-11H2,1-3H3/b24-19-. The average molecular weight is 476 g/mol. The lowest BCUT2D eigenvalue weighted by Gasteiger charge is -2.34. The third kappa shape index (κ3) is 4.13. The first-order chi connectivity index (χ1) is 14.0.